The van der Waals surface area contributed by atoms with Gasteiger partial charge in [0.1, 0.15) is 0 Å². The molecule has 1 atom stereocenters. The molecule has 5 heteroatoms. The maximum Gasteiger partial charge on any atom is 0.0950 e. The highest BCUT2D eigenvalue weighted by Gasteiger charge is 2.20. The van der Waals surface area contributed by atoms with E-state index in [0.29, 0.717) is 6.04 Å². The number of hydrogen-bond donors (Lipinski definition) is 1. The first-order chi connectivity index (χ1) is 6.92. The summed E-state index contributed by atoms with van der Waals surface area (Å²) < 4.78 is 5.15. The van der Waals surface area contributed by atoms with Crippen molar-refractivity contribution in [1.29, 1.82) is 0 Å². The third kappa shape index (κ3) is 3.67. The number of hydrogen-bond acceptors (Lipinski definition) is 3. The molecule has 2 heterocycles. The second-order valence-electron chi connectivity index (χ2n) is 3.77. The second kappa shape index (κ2) is 7.96. The molecule has 0 amide bonds. The van der Waals surface area contributed by atoms with E-state index in [0.717, 1.165) is 32.6 Å². The summed E-state index contributed by atoms with van der Waals surface area (Å²) in [6, 6.07) is 2.62. The molecule has 2 rings (SSSR count). The number of piperazine rings is 1. The van der Waals surface area contributed by atoms with Crippen molar-refractivity contribution in [1.82, 2.24) is 10.2 Å². The minimum atomic E-state index is 0. The molecule has 1 aliphatic rings. The van der Waals surface area contributed by atoms with Crippen LogP contribution in [-0.2, 0) is 0 Å². The van der Waals surface area contributed by atoms with Gasteiger partial charge in [0.25, 0.3) is 0 Å². The van der Waals surface area contributed by atoms with Crippen molar-refractivity contribution in [2.45, 2.75) is 19.4 Å². The Balaban J connectivity index is 0.00000112. The average Bonchev–Trinajstić information content (AvgIpc) is 2.74. The fourth-order valence-corrected chi connectivity index (χ4v) is 2.16. The molecule has 3 nitrogen and oxygen atoms in total. The fourth-order valence-electron chi connectivity index (χ4n) is 2.16. The van der Waals surface area contributed by atoms with Gasteiger partial charge in [-0.1, -0.05) is 6.92 Å². The summed E-state index contributed by atoms with van der Waals surface area (Å²) in [6.45, 7) is 6.73. The molecule has 0 bridgehead atoms. The molecule has 0 saturated carbocycles. The number of nitrogens with zero attached hydrogens (tertiary/aromatic N) is 1. The van der Waals surface area contributed by atoms with Crippen LogP contribution < -0.4 is 5.32 Å². The third-order valence-corrected chi connectivity index (χ3v) is 2.91. The van der Waals surface area contributed by atoms with Gasteiger partial charge in [0.05, 0.1) is 12.5 Å². The van der Waals surface area contributed by atoms with Crippen LogP contribution >= 0.6 is 24.8 Å². The van der Waals surface area contributed by atoms with Crippen LogP contribution in [0.1, 0.15) is 24.9 Å². The van der Waals surface area contributed by atoms with E-state index < -0.39 is 0 Å². The number of nitrogens with one attached hydrogen (secondary N) is 1. The Morgan fingerprint density at radius 3 is 2.56 bits per heavy atom. The van der Waals surface area contributed by atoms with Crippen LogP contribution in [-0.4, -0.2) is 31.1 Å². The first-order valence-electron chi connectivity index (χ1n) is 5.38. The molecule has 0 unspecified atom stereocenters. The highest BCUT2D eigenvalue weighted by molar-refractivity contribution is 5.85. The Morgan fingerprint density at radius 2 is 2.06 bits per heavy atom. The van der Waals surface area contributed by atoms with E-state index in [2.05, 4.69) is 23.2 Å². The predicted octanol–water partition coefficient (Wildman–Crippen LogP) is 2.48. The van der Waals surface area contributed by atoms with Gasteiger partial charge in [-0.2, -0.15) is 0 Å². The molecular formula is C11H20Cl2N2O. The zero-order valence-electron chi connectivity index (χ0n) is 9.52. The van der Waals surface area contributed by atoms with Crippen molar-refractivity contribution in [2.24, 2.45) is 0 Å². The highest BCUT2D eigenvalue weighted by Crippen LogP contribution is 2.24. The summed E-state index contributed by atoms with van der Waals surface area (Å²) in [6.07, 6.45) is 4.79. The molecule has 16 heavy (non-hydrogen) atoms. The lowest BCUT2D eigenvalue weighted by Gasteiger charge is -2.33. The van der Waals surface area contributed by atoms with Crippen LogP contribution in [0.5, 0.6) is 0 Å². The third-order valence-electron chi connectivity index (χ3n) is 2.91. The molecule has 94 valence electrons. The molecule has 1 N–H and O–H groups in total. The first-order valence-corrected chi connectivity index (χ1v) is 5.38. The minimum absolute atomic E-state index is 0. The summed E-state index contributed by atoms with van der Waals surface area (Å²) in [5.41, 5.74) is 1.31. The number of furan rings is 1. The number of rotatable bonds is 3. The van der Waals surface area contributed by atoms with Crippen LogP contribution in [0.4, 0.5) is 0 Å². The monoisotopic (exact) mass is 266 g/mol. The van der Waals surface area contributed by atoms with Crippen molar-refractivity contribution in [3.8, 4) is 0 Å². The van der Waals surface area contributed by atoms with E-state index in [-0.39, 0.29) is 24.8 Å². The van der Waals surface area contributed by atoms with E-state index in [4.69, 9.17) is 4.42 Å². The average molecular weight is 267 g/mol. The SMILES string of the molecule is CC[C@H](c1ccoc1)N1CCNCC1.Cl.Cl. The van der Waals surface area contributed by atoms with Gasteiger partial charge in [-0.25, -0.2) is 0 Å². The molecule has 1 fully saturated rings. The van der Waals surface area contributed by atoms with Crippen LogP contribution in [0.2, 0.25) is 0 Å². The molecule has 0 radical (unpaired) electrons. The van der Waals surface area contributed by atoms with E-state index in [1.807, 2.05) is 6.26 Å². The van der Waals surface area contributed by atoms with Crippen molar-refractivity contribution < 1.29 is 4.42 Å². The number of halogens is 2. The lowest BCUT2D eigenvalue weighted by Crippen LogP contribution is -2.44. The summed E-state index contributed by atoms with van der Waals surface area (Å²) >= 11 is 0. The topological polar surface area (TPSA) is 28.4 Å². The van der Waals surface area contributed by atoms with Gasteiger partial charge in [-0.3, -0.25) is 4.90 Å². The molecule has 1 aromatic heterocycles. The van der Waals surface area contributed by atoms with E-state index in [9.17, 15) is 0 Å². The molecule has 1 aromatic rings. The van der Waals surface area contributed by atoms with E-state index in [1.165, 1.54) is 5.56 Å². The summed E-state index contributed by atoms with van der Waals surface area (Å²) in [5.74, 6) is 0. The Morgan fingerprint density at radius 1 is 1.38 bits per heavy atom. The minimum Gasteiger partial charge on any atom is -0.472 e. The molecule has 0 aromatic carbocycles. The fraction of sp³-hybridized carbons (Fsp3) is 0.636. The maximum atomic E-state index is 5.15. The van der Waals surface area contributed by atoms with Crippen LogP contribution in [0.3, 0.4) is 0 Å². The van der Waals surface area contributed by atoms with Gasteiger partial charge >= 0.3 is 0 Å². The summed E-state index contributed by atoms with van der Waals surface area (Å²) in [4.78, 5) is 2.53. The standard InChI is InChI=1S/C11H18N2O.2ClH/c1-2-11(10-3-8-14-9-10)13-6-4-12-5-7-13;;/h3,8-9,11-12H,2,4-7H2,1H3;2*1H/t11-;;/m1../s1. The zero-order valence-corrected chi connectivity index (χ0v) is 11.1. The van der Waals surface area contributed by atoms with Crippen molar-refractivity contribution >= 4 is 24.8 Å². The lowest BCUT2D eigenvalue weighted by molar-refractivity contribution is 0.169. The molecule has 1 aliphatic heterocycles. The van der Waals surface area contributed by atoms with Gasteiger partial charge in [-0.05, 0) is 12.5 Å². The summed E-state index contributed by atoms with van der Waals surface area (Å²) in [7, 11) is 0. The van der Waals surface area contributed by atoms with Crippen molar-refractivity contribution in [3.63, 3.8) is 0 Å². The predicted molar refractivity (Wildman–Crippen MR) is 70.7 cm³/mol. The van der Waals surface area contributed by atoms with E-state index in [1.54, 1.807) is 6.26 Å². The first kappa shape index (κ1) is 15.8. The lowest BCUT2D eigenvalue weighted by atomic mass is 10.1. The Hall–Kier alpha value is -0.220. The quantitative estimate of drug-likeness (QED) is 0.912. The van der Waals surface area contributed by atoms with Gasteiger partial charge in [0.15, 0.2) is 0 Å². The zero-order chi connectivity index (χ0) is 9.80. The van der Waals surface area contributed by atoms with Gasteiger partial charge in [-0.15, -0.1) is 24.8 Å². The summed E-state index contributed by atoms with van der Waals surface area (Å²) in [5, 5.41) is 3.37. The molecular weight excluding hydrogens is 247 g/mol. The normalized spacial score (nSPS) is 18.3. The highest BCUT2D eigenvalue weighted by atomic mass is 35.5. The molecule has 0 aliphatic carbocycles. The van der Waals surface area contributed by atoms with Crippen molar-refractivity contribution in [2.75, 3.05) is 26.2 Å². The second-order valence-corrected chi connectivity index (χ2v) is 3.77. The van der Waals surface area contributed by atoms with Gasteiger partial charge < -0.3 is 9.73 Å². The Kier molecular flexibility index (Phi) is 7.85. The maximum absolute atomic E-state index is 5.15. The van der Waals surface area contributed by atoms with Crippen molar-refractivity contribution in [3.05, 3.63) is 24.2 Å². The smallest absolute Gasteiger partial charge is 0.0950 e. The van der Waals surface area contributed by atoms with E-state index >= 15 is 0 Å². The Labute approximate surface area is 109 Å². The van der Waals surface area contributed by atoms with Crippen LogP contribution in [0.15, 0.2) is 23.0 Å². The van der Waals surface area contributed by atoms with Crippen LogP contribution in [0, 0.1) is 0 Å². The van der Waals surface area contributed by atoms with Crippen LogP contribution in [0.25, 0.3) is 0 Å². The molecule has 1 saturated heterocycles. The Bertz CT molecular complexity index is 261. The largest absolute Gasteiger partial charge is 0.472 e. The van der Waals surface area contributed by atoms with Gasteiger partial charge in [0, 0.05) is 37.8 Å². The van der Waals surface area contributed by atoms with Gasteiger partial charge in [0.2, 0.25) is 0 Å². The molecule has 0 spiro atoms.